The first-order chi connectivity index (χ1) is 17.7. The number of halogens is 2. The van der Waals surface area contributed by atoms with E-state index in [0.717, 1.165) is 6.07 Å². The lowest BCUT2D eigenvalue weighted by molar-refractivity contribution is -0.0210. The molecule has 1 aliphatic rings. The van der Waals surface area contributed by atoms with Crippen molar-refractivity contribution in [3.63, 3.8) is 0 Å². The zero-order valence-electron chi connectivity index (χ0n) is 19.8. The van der Waals surface area contributed by atoms with E-state index in [1.54, 1.807) is 47.4 Å². The van der Waals surface area contributed by atoms with Crippen molar-refractivity contribution in [3.8, 4) is 0 Å². The third kappa shape index (κ3) is 5.09. The van der Waals surface area contributed by atoms with Gasteiger partial charge in [0.25, 0.3) is 5.91 Å². The number of sulfone groups is 1. The minimum atomic E-state index is -3.75. The van der Waals surface area contributed by atoms with Crippen LogP contribution in [0.15, 0.2) is 83.8 Å². The van der Waals surface area contributed by atoms with E-state index in [9.17, 15) is 22.7 Å². The lowest BCUT2D eigenvalue weighted by Crippen LogP contribution is -2.45. The van der Waals surface area contributed by atoms with Gasteiger partial charge in [-0.3, -0.25) is 4.79 Å². The lowest BCUT2D eigenvalue weighted by Gasteiger charge is -2.39. The maximum Gasteiger partial charge on any atom is 0.253 e. The number of pyridine rings is 1. The highest BCUT2D eigenvalue weighted by Crippen LogP contribution is 2.37. The molecule has 190 valence electrons. The number of carbonyl (C=O) groups excluding carboxylic acids is 1. The van der Waals surface area contributed by atoms with Crippen molar-refractivity contribution in [2.24, 2.45) is 0 Å². The number of amides is 1. The molecule has 0 saturated carbocycles. The molecule has 5 rings (SSSR count). The number of hydrogen-bond donors (Lipinski definition) is 1. The summed E-state index contributed by atoms with van der Waals surface area (Å²) < 4.78 is 39.7. The third-order valence-corrected chi connectivity index (χ3v) is 8.87. The quantitative estimate of drug-likeness (QED) is 0.356. The van der Waals surface area contributed by atoms with Gasteiger partial charge in [-0.1, -0.05) is 48.0 Å². The summed E-state index contributed by atoms with van der Waals surface area (Å²) >= 11 is 6.28. The average Bonchev–Trinajstić information content (AvgIpc) is 2.88. The Hall–Kier alpha value is -3.33. The Morgan fingerprint density at radius 2 is 1.68 bits per heavy atom. The van der Waals surface area contributed by atoms with Crippen molar-refractivity contribution in [3.05, 3.63) is 107 Å². The molecule has 1 fully saturated rings. The number of aromatic nitrogens is 1. The van der Waals surface area contributed by atoms with Gasteiger partial charge in [-0.15, -0.1) is 0 Å². The van der Waals surface area contributed by atoms with Gasteiger partial charge in [0.2, 0.25) is 5.95 Å². The largest absolute Gasteiger partial charge is 0.385 e. The maximum atomic E-state index is 13.5. The number of hydrogen-bond acceptors (Lipinski definition) is 5. The fourth-order valence-electron chi connectivity index (χ4n) is 4.78. The number of likely N-dealkylation sites (tertiary alicyclic amines) is 1. The molecule has 0 atom stereocenters. The number of piperidine rings is 1. The first kappa shape index (κ1) is 25.3. The Labute approximate surface area is 219 Å². The molecule has 0 bridgehead atoms. The summed E-state index contributed by atoms with van der Waals surface area (Å²) in [5.41, 5.74) is 0.812. The molecule has 3 aromatic carbocycles. The Bertz CT molecular complexity index is 1580. The number of aliphatic hydroxyl groups is 1. The van der Waals surface area contributed by atoms with E-state index in [-0.39, 0.29) is 22.1 Å². The van der Waals surface area contributed by atoms with E-state index in [2.05, 4.69) is 4.98 Å². The monoisotopic (exact) mass is 538 g/mol. The first-order valence-electron chi connectivity index (χ1n) is 11.8. The molecule has 1 N–H and O–H groups in total. The standard InChI is InChI=1S/C28H24ClFN2O4S/c29-23-5-2-1-4-22(23)28(34)14-16-32(17-15-28)27(33)20-10-8-19(9-11-20)18-37(35,36)25-7-3-6-24-21(25)12-13-26(30)31-24/h1-13,34H,14-18H2. The molecule has 2 heterocycles. The normalized spacial score (nSPS) is 15.6. The molecule has 4 aromatic rings. The molecule has 0 spiro atoms. The van der Waals surface area contributed by atoms with E-state index >= 15 is 0 Å². The minimum absolute atomic E-state index is 0.0805. The summed E-state index contributed by atoms with van der Waals surface area (Å²) in [5, 5.41) is 12.0. The van der Waals surface area contributed by atoms with Crippen LogP contribution in [0.5, 0.6) is 0 Å². The van der Waals surface area contributed by atoms with Gasteiger partial charge in [0.15, 0.2) is 9.84 Å². The van der Waals surface area contributed by atoms with Crippen LogP contribution in [0.3, 0.4) is 0 Å². The predicted octanol–water partition coefficient (Wildman–Crippen LogP) is 5.13. The maximum absolute atomic E-state index is 13.5. The van der Waals surface area contributed by atoms with Crippen LogP contribution in [-0.4, -0.2) is 42.4 Å². The second-order valence-electron chi connectivity index (χ2n) is 9.22. The Balaban J connectivity index is 1.28. The number of fused-ring (bicyclic) bond motifs is 1. The third-order valence-electron chi connectivity index (χ3n) is 6.80. The molecular formula is C28H24ClFN2O4S. The number of nitrogens with zero attached hydrogens (tertiary/aromatic N) is 2. The van der Waals surface area contributed by atoms with Crippen LogP contribution in [0.2, 0.25) is 5.02 Å². The first-order valence-corrected chi connectivity index (χ1v) is 13.8. The van der Waals surface area contributed by atoms with E-state index in [1.165, 1.54) is 18.2 Å². The Morgan fingerprint density at radius 1 is 0.973 bits per heavy atom. The zero-order chi connectivity index (χ0) is 26.2. The smallest absolute Gasteiger partial charge is 0.253 e. The average molecular weight is 539 g/mol. The number of benzene rings is 3. The van der Waals surface area contributed by atoms with Gasteiger partial charge < -0.3 is 10.0 Å². The topological polar surface area (TPSA) is 87.6 Å². The van der Waals surface area contributed by atoms with Crippen molar-refractivity contribution >= 4 is 38.2 Å². The van der Waals surface area contributed by atoms with Crippen LogP contribution >= 0.6 is 11.6 Å². The van der Waals surface area contributed by atoms with Gasteiger partial charge in [0.1, 0.15) is 0 Å². The molecule has 1 saturated heterocycles. The minimum Gasteiger partial charge on any atom is -0.385 e. The molecule has 37 heavy (non-hydrogen) atoms. The van der Waals surface area contributed by atoms with Crippen molar-refractivity contribution < 1.29 is 22.7 Å². The second-order valence-corrected chi connectivity index (χ2v) is 11.6. The molecule has 6 nitrogen and oxygen atoms in total. The van der Waals surface area contributed by atoms with Crippen molar-refractivity contribution in [2.75, 3.05) is 13.1 Å². The van der Waals surface area contributed by atoms with Crippen LogP contribution in [0.4, 0.5) is 4.39 Å². The number of carbonyl (C=O) groups is 1. The summed E-state index contributed by atoms with van der Waals surface area (Å²) in [5.74, 6) is -1.13. The molecule has 0 unspecified atom stereocenters. The summed E-state index contributed by atoms with van der Waals surface area (Å²) in [6.07, 6.45) is 0.727. The fraction of sp³-hybridized carbons (Fsp3) is 0.214. The van der Waals surface area contributed by atoms with Crippen molar-refractivity contribution in [2.45, 2.75) is 29.1 Å². The Kier molecular flexibility index (Phi) is 6.74. The summed E-state index contributed by atoms with van der Waals surface area (Å²) in [6.45, 7) is 0.735. The van der Waals surface area contributed by atoms with Gasteiger partial charge in [-0.05, 0) is 60.9 Å². The van der Waals surface area contributed by atoms with E-state index in [4.69, 9.17) is 11.6 Å². The summed E-state index contributed by atoms with van der Waals surface area (Å²) in [7, 11) is -3.75. The van der Waals surface area contributed by atoms with Crippen molar-refractivity contribution in [1.82, 2.24) is 9.88 Å². The van der Waals surface area contributed by atoms with Crippen LogP contribution in [0.25, 0.3) is 10.9 Å². The SMILES string of the molecule is O=C(c1ccc(CS(=O)(=O)c2cccc3nc(F)ccc23)cc1)N1CCC(O)(c2ccccc2Cl)CC1. The van der Waals surface area contributed by atoms with Gasteiger partial charge in [0, 0.05) is 34.6 Å². The molecule has 1 amide bonds. The van der Waals surface area contributed by atoms with Crippen LogP contribution in [-0.2, 0) is 21.2 Å². The highest BCUT2D eigenvalue weighted by molar-refractivity contribution is 7.90. The molecule has 1 aliphatic heterocycles. The van der Waals surface area contributed by atoms with Crippen molar-refractivity contribution in [1.29, 1.82) is 0 Å². The van der Waals surface area contributed by atoms with E-state index in [1.807, 2.05) is 12.1 Å². The lowest BCUT2D eigenvalue weighted by atomic mass is 9.84. The number of rotatable bonds is 5. The van der Waals surface area contributed by atoms with Crippen LogP contribution < -0.4 is 0 Å². The summed E-state index contributed by atoms with van der Waals surface area (Å²) in [6, 6.07) is 20.8. The van der Waals surface area contributed by atoms with E-state index < -0.39 is 21.4 Å². The van der Waals surface area contributed by atoms with Crippen LogP contribution in [0.1, 0.15) is 34.3 Å². The molecule has 0 radical (unpaired) electrons. The molecular weight excluding hydrogens is 515 g/mol. The van der Waals surface area contributed by atoms with Gasteiger partial charge in [0.05, 0.1) is 21.8 Å². The predicted molar refractivity (Wildman–Crippen MR) is 140 cm³/mol. The highest BCUT2D eigenvalue weighted by atomic mass is 35.5. The molecule has 1 aromatic heterocycles. The second kappa shape index (κ2) is 9.85. The van der Waals surface area contributed by atoms with Crippen LogP contribution in [0, 0.1) is 5.95 Å². The molecule has 0 aliphatic carbocycles. The Morgan fingerprint density at radius 3 is 2.38 bits per heavy atom. The zero-order valence-corrected chi connectivity index (χ0v) is 21.3. The van der Waals surface area contributed by atoms with Gasteiger partial charge in [-0.2, -0.15) is 4.39 Å². The van der Waals surface area contributed by atoms with Gasteiger partial charge >= 0.3 is 0 Å². The molecule has 9 heteroatoms. The summed E-state index contributed by atoms with van der Waals surface area (Å²) in [4.78, 5) is 18.6. The van der Waals surface area contributed by atoms with Gasteiger partial charge in [-0.25, -0.2) is 13.4 Å². The fourth-order valence-corrected chi connectivity index (χ4v) is 6.68. The van der Waals surface area contributed by atoms with E-state index in [0.29, 0.717) is 53.0 Å². The highest BCUT2D eigenvalue weighted by Gasteiger charge is 2.37.